The minimum absolute atomic E-state index is 0. The number of hydrogen-bond donors (Lipinski definition) is 0. The second kappa shape index (κ2) is 10.3. The van der Waals surface area contributed by atoms with E-state index in [1.807, 2.05) is 11.8 Å². The van der Waals surface area contributed by atoms with Crippen LogP contribution in [0.1, 0.15) is 54.9 Å². The van der Waals surface area contributed by atoms with Gasteiger partial charge in [-0.1, -0.05) is 0 Å². The zero-order chi connectivity index (χ0) is 17.3. The van der Waals surface area contributed by atoms with Crippen molar-refractivity contribution in [3.63, 3.8) is 0 Å². The van der Waals surface area contributed by atoms with E-state index in [1.165, 1.54) is 27.1 Å². The van der Waals surface area contributed by atoms with Crippen molar-refractivity contribution in [2.24, 2.45) is 0 Å². The van der Waals surface area contributed by atoms with Crippen LogP contribution in [0.25, 0.3) is 0 Å². The van der Waals surface area contributed by atoms with Gasteiger partial charge >= 0.3 is 160 Å². The molecule has 6 heteroatoms. The molecule has 1 aliphatic heterocycles. The Bertz CT molecular complexity index is 753. The van der Waals surface area contributed by atoms with Crippen LogP contribution >= 0.6 is 11.8 Å². The molecule has 140 valence electrons. The number of hydrogen-bond acceptors (Lipinski definition) is 3. The molecule has 2 aromatic rings. The van der Waals surface area contributed by atoms with Crippen LogP contribution in [0.15, 0.2) is 35.2 Å². The van der Waals surface area contributed by atoms with E-state index in [0.29, 0.717) is 11.8 Å². The standard InChI is InChI=1S/C10H12OS.C10H14O.2ClH.Ti/c1-6-3-8-7(2)5-12-9(4-6)10(8)11;1-7(2)9-6-8(3)4-5-10(9)11;;;/h3-4,7,11H,5H2,1-2H3;4-7,11H,1-3H3;2*1H;/q;;;;+4/p-4. The molecule has 1 unspecified atom stereocenters. The summed E-state index contributed by atoms with van der Waals surface area (Å²) in [6.07, 6.45) is 0. The summed E-state index contributed by atoms with van der Waals surface area (Å²) in [5.74, 6) is 4.15. The minimum atomic E-state index is -0.981. The Hall–Kier alpha value is -0.316. The number of thioether (sulfide) groups is 1. The van der Waals surface area contributed by atoms with Crippen molar-refractivity contribution in [1.82, 2.24) is 0 Å². The average Bonchev–Trinajstić information content (AvgIpc) is 2.53. The minimum Gasteiger partial charge on any atom is -1.00 e. The van der Waals surface area contributed by atoms with Gasteiger partial charge in [-0.15, -0.1) is 0 Å². The molecule has 0 saturated heterocycles. The molecule has 3 rings (SSSR count). The van der Waals surface area contributed by atoms with Gasteiger partial charge in [0.1, 0.15) is 0 Å². The van der Waals surface area contributed by atoms with Gasteiger partial charge in [0.05, 0.1) is 0 Å². The quantitative estimate of drug-likeness (QED) is 0.603. The molecule has 0 amide bonds. The van der Waals surface area contributed by atoms with Gasteiger partial charge in [-0.25, -0.2) is 0 Å². The number of rotatable bonds is 5. The molecular weight excluding hydrogens is 423 g/mol. The Balaban J connectivity index is 0.00000169. The van der Waals surface area contributed by atoms with Crippen molar-refractivity contribution in [2.45, 2.75) is 51.3 Å². The topological polar surface area (TPSA) is 18.5 Å². The van der Waals surface area contributed by atoms with E-state index in [2.05, 4.69) is 65.0 Å². The molecule has 26 heavy (non-hydrogen) atoms. The molecule has 0 spiro atoms. The van der Waals surface area contributed by atoms with Gasteiger partial charge in [-0.2, -0.15) is 0 Å². The normalized spacial score (nSPS) is 14.8. The second-order valence-electron chi connectivity index (χ2n) is 6.88. The molecule has 2 bridgehead atoms. The summed E-state index contributed by atoms with van der Waals surface area (Å²) in [5.41, 5.74) is 5.19. The molecule has 1 atom stereocenters. The predicted octanol–water partition coefficient (Wildman–Crippen LogP) is 0.0143. The van der Waals surface area contributed by atoms with E-state index in [1.54, 1.807) is 0 Å². The summed E-state index contributed by atoms with van der Waals surface area (Å²) in [7, 11) is 0. The summed E-state index contributed by atoms with van der Waals surface area (Å²) < 4.78 is 12.3. The van der Waals surface area contributed by atoms with Crippen molar-refractivity contribution < 1.29 is 51.4 Å². The molecule has 1 aliphatic rings. The van der Waals surface area contributed by atoms with Crippen LogP contribution in [0.5, 0.6) is 11.5 Å². The smallest absolute Gasteiger partial charge is 1.00 e. The summed E-state index contributed by atoms with van der Waals surface area (Å²) in [6, 6.07) is 10.9. The first-order valence-corrected chi connectivity index (χ1v) is 10.7. The van der Waals surface area contributed by atoms with E-state index < -0.39 is 19.9 Å². The van der Waals surface area contributed by atoms with E-state index in [9.17, 15) is 0 Å². The van der Waals surface area contributed by atoms with Crippen molar-refractivity contribution in [1.29, 1.82) is 0 Å². The molecule has 2 aromatic carbocycles. The maximum absolute atomic E-state index is 6.19. The largest absolute Gasteiger partial charge is 1.00 e. The summed E-state index contributed by atoms with van der Waals surface area (Å²) in [4.78, 5) is 1.27. The summed E-state index contributed by atoms with van der Waals surface area (Å²) in [5, 5.41) is 0. The number of halogens is 2. The van der Waals surface area contributed by atoms with Crippen molar-refractivity contribution in [3.8, 4) is 11.5 Å². The molecule has 0 fully saturated rings. The van der Waals surface area contributed by atoms with Crippen molar-refractivity contribution in [2.75, 3.05) is 5.75 Å². The number of benzene rings is 2. The van der Waals surface area contributed by atoms with Crippen LogP contribution in [0.2, 0.25) is 0 Å². The zero-order valence-corrected chi connectivity index (χ0v) is 19.6. The van der Waals surface area contributed by atoms with Crippen LogP contribution in [0.4, 0.5) is 0 Å². The zero-order valence-electron chi connectivity index (χ0n) is 15.7. The van der Waals surface area contributed by atoms with Crippen LogP contribution < -0.4 is 31.5 Å². The molecule has 0 N–H and O–H groups in total. The van der Waals surface area contributed by atoms with Gasteiger partial charge < -0.3 is 24.8 Å². The summed E-state index contributed by atoms with van der Waals surface area (Å²) in [6.45, 7) is 11.0. The first kappa shape index (κ1) is 23.7. The maximum Gasteiger partial charge on any atom is -1.00 e. The fourth-order valence-corrected chi connectivity index (χ4v) is 5.24. The van der Waals surface area contributed by atoms with Gasteiger partial charge in [0.15, 0.2) is 0 Å². The van der Waals surface area contributed by atoms with Crippen LogP contribution in [0, 0.1) is 13.8 Å². The Morgan fingerprint density at radius 3 is 2.46 bits per heavy atom. The third kappa shape index (κ3) is 5.36. The predicted molar refractivity (Wildman–Crippen MR) is 96.8 cm³/mol. The van der Waals surface area contributed by atoms with Gasteiger partial charge in [0.2, 0.25) is 0 Å². The first-order chi connectivity index (χ1) is 11.5. The molecule has 0 aliphatic carbocycles. The van der Waals surface area contributed by atoms with Gasteiger partial charge in [-0.05, 0) is 0 Å². The first-order valence-electron chi connectivity index (χ1n) is 8.42. The molecule has 1 heterocycles. The Labute approximate surface area is 183 Å². The Morgan fingerprint density at radius 2 is 1.77 bits per heavy atom. The van der Waals surface area contributed by atoms with Crippen molar-refractivity contribution in [3.05, 3.63) is 52.6 Å². The molecular formula is C20H24Cl2O2STi. The molecule has 2 nitrogen and oxygen atoms in total. The van der Waals surface area contributed by atoms with E-state index in [-0.39, 0.29) is 24.8 Å². The van der Waals surface area contributed by atoms with E-state index >= 15 is 0 Å². The average molecular weight is 447 g/mol. The van der Waals surface area contributed by atoms with Gasteiger partial charge in [-0.3, -0.25) is 0 Å². The Kier molecular flexibility index (Phi) is 9.39. The van der Waals surface area contributed by atoms with Crippen molar-refractivity contribution >= 4 is 11.8 Å². The number of fused-ring (bicyclic) bond motifs is 2. The van der Waals surface area contributed by atoms with E-state index in [0.717, 1.165) is 17.3 Å². The second-order valence-corrected chi connectivity index (χ2v) is 8.84. The van der Waals surface area contributed by atoms with Crippen LogP contribution in [-0.2, 0) is 19.9 Å². The monoisotopic (exact) mass is 446 g/mol. The molecule has 0 radical (unpaired) electrons. The SMILES string of the molecule is Cc1ccc([O][Ti+2][O]c2c3cc(C)cc2C(C)CS3)c(C(C)C)c1.[Cl-].[Cl-]. The Morgan fingerprint density at radius 1 is 1.04 bits per heavy atom. The third-order valence-corrected chi connectivity index (χ3v) is 6.53. The van der Waals surface area contributed by atoms with E-state index in [4.69, 9.17) is 6.64 Å². The van der Waals surface area contributed by atoms with Crippen LogP contribution in [0.3, 0.4) is 0 Å². The van der Waals surface area contributed by atoms with Gasteiger partial charge in [0.25, 0.3) is 0 Å². The molecule has 0 aromatic heterocycles. The third-order valence-electron chi connectivity index (χ3n) is 4.33. The van der Waals surface area contributed by atoms with Crippen LogP contribution in [-0.4, -0.2) is 5.75 Å². The fraction of sp³-hybridized carbons (Fsp3) is 0.400. The number of aryl methyl sites for hydroxylation is 2. The fourth-order valence-electron chi connectivity index (χ4n) is 2.97. The summed E-state index contributed by atoms with van der Waals surface area (Å²) >= 11 is 0.916. The maximum atomic E-state index is 6.19. The van der Waals surface area contributed by atoms with Gasteiger partial charge in [0, 0.05) is 0 Å². The molecule has 0 saturated carbocycles.